The van der Waals surface area contributed by atoms with Crippen LogP contribution < -0.4 is 9.62 Å². The van der Waals surface area contributed by atoms with Crippen molar-refractivity contribution in [1.82, 2.24) is 10.2 Å². The molecule has 0 saturated heterocycles. The van der Waals surface area contributed by atoms with E-state index in [1.807, 2.05) is 20.8 Å². The van der Waals surface area contributed by atoms with Crippen molar-refractivity contribution in [3.05, 3.63) is 95.5 Å². The van der Waals surface area contributed by atoms with E-state index in [4.69, 9.17) is 11.6 Å². The van der Waals surface area contributed by atoms with Crippen molar-refractivity contribution in [1.29, 1.82) is 0 Å². The molecule has 3 rings (SSSR count). The number of benzene rings is 3. The summed E-state index contributed by atoms with van der Waals surface area (Å²) in [5.74, 6) is -0.531. The first-order chi connectivity index (χ1) is 18.1. The van der Waals surface area contributed by atoms with Crippen LogP contribution in [-0.2, 0) is 26.2 Å². The van der Waals surface area contributed by atoms with Gasteiger partial charge in [0.15, 0.2) is 0 Å². The van der Waals surface area contributed by atoms with E-state index in [1.54, 1.807) is 72.8 Å². The molecular formula is C29H34ClN3O4S. The minimum absolute atomic E-state index is 0.0719. The Balaban J connectivity index is 2.00. The Morgan fingerprint density at radius 3 is 2.03 bits per heavy atom. The predicted molar refractivity (Wildman–Crippen MR) is 151 cm³/mol. The SMILES string of the molecule is CCC(C(=O)NCC(C)C)N(Cc1ccc(Cl)cc1)C(=O)CN(c1ccccc1)S(=O)(=O)c1ccccc1. The standard InChI is InChI=1S/C29H34ClN3O4S/c1-4-27(29(35)31-19-22(2)3)32(20-23-15-17-24(30)18-16-23)28(34)21-33(25-11-7-5-8-12-25)38(36,37)26-13-9-6-10-14-26/h5-18,22,27H,4,19-21H2,1-3H3,(H,31,35). The highest BCUT2D eigenvalue weighted by Gasteiger charge is 2.33. The highest BCUT2D eigenvalue weighted by atomic mass is 35.5. The predicted octanol–water partition coefficient (Wildman–Crippen LogP) is 5.11. The second kappa shape index (κ2) is 13.4. The van der Waals surface area contributed by atoms with Crippen molar-refractivity contribution in [2.45, 2.75) is 44.7 Å². The largest absolute Gasteiger partial charge is 0.354 e. The monoisotopic (exact) mass is 555 g/mol. The minimum atomic E-state index is -4.07. The van der Waals surface area contributed by atoms with Gasteiger partial charge in [0.05, 0.1) is 10.6 Å². The minimum Gasteiger partial charge on any atom is -0.354 e. The van der Waals surface area contributed by atoms with Crippen molar-refractivity contribution < 1.29 is 18.0 Å². The first-order valence-electron chi connectivity index (χ1n) is 12.6. The Hall–Kier alpha value is -3.36. The quantitative estimate of drug-likeness (QED) is 0.336. The van der Waals surface area contributed by atoms with Crippen LogP contribution in [-0.4, -0.2) is 44.3 Å². The Kier molecular flexibility index (Phi) is 10.3. The second-order valence-corrected chi connectivity index (χ2v) is 11.7. The molecule has 0 heterocycles. The van der Waals surface area contributed by atoms with E-state index in [2.05, 4.69) is 5.32 Å². The lowest BCUT2D eigenvalue weighted by Gasteiger charge is -2.33. The average Bonchev–Trinajstić information content (AvgIpc) is 2.92. The van der Waals surface area contributed by atoms with Gasteiger partial charge in [0.2, 0.25) is 11.8 Å². The molecule has 0 aliphatic carbocycles. The summed E-state index contributed by atoms with van der Waals surface area (Å²) in [6.45, 7) is 5.93. The third-order valence-electron chi connectivity index (χ3n) is 5.99. The first kappa shape index (κ1) is 29.2. The Morgan fingerprint density at radius 1 is 0.895 bits per heavy atom. The number of nitrogens with one attached hydrogen (secondary N) is 1. The number of hydrogen-bond acceptors (Lipinski definition) is 4. The maximum absolute atomic E-state index is 13.9. The lowest BCUT2D eigenvalue weighted by Crippen LogP contribution is -2.52. The van der Waals surface area contributed by atoms with Crippen LogP contribution in [0.15, 0.2) is 89.8 Å². The van der Waals surface area contributed by atoms with E-state index in [1.165, 1.54) is 17.0 Å². The average molecular weight is 556 g/mol. The van der Waals surface area contributed by atoms with Gasteiger partial charge in [-0.05, 0) is 54.3 Å². The van der Waals surface area contributed by atoms with Crippen molar-refractivity contribution in [3.63, 3.8) is 0 Å². The summed E-state index contributed by atoms with van der Waals surface area (Å²) in [7, 11) is -4.07. The molecule has 0 spiro atoms. The molecular weight excluding hydrogens is 522 g/mol. The number of hydrogen-bond donors (Lipinski definition) is 1. The third kappa shape index (κ3) is 7.58. The summed E-state index contributed by atoms with van der Waals surface area (Å²) in [4.78, 5) is 28.6. The van der Waals surface area contributed by atoms with Crippen molar-refractivity contribution in [3.8, 4) is 0 Å². The van der Waals surface area contributed by atoms with Crippen LogP contribution in [0.2, 0.25) is 5.02 Å². The van der Waals surface area contributed by atoms with Crippen molar-refractivity contribution >= 4 is 39.1 Å². The van der Waals surface area contributed by atoms with E-state index in [9.17, 15) is 18.0 Å². The molecule has 9 heteroatoms. The van der Waals surface area contributed by atoms with Crippen molar-refractivity contribution in [2.24, 2.45) is 5.92 Å². The smallest absolute Gasteiger partial charge is 0.264 e. The molecule has 0 fully saturated rings. The molecule has 0 bridgehead atoms. The van der Waals surface area contributed by atoms with Gasteiger partial charge in [-0.2, -0.15) is 0 Å². The van der Waals surface area contributed by atoms with Gasteiger partial charge < -0.3 is 10.2 Å². The number of amides is 2. The number of para-hydroxylation sites is 1. The molecule has 2 amide bonds. The molecule has 0 aliphatic heterocycles. The number of carbonyl (C=O) groups is 2. The van der Waals surface area contributed by atoms with Crippen LogP contribution >= 0.6 is 11.6 Å². The lowest BCUT2D eigenvalue weighted by atomic mass is 10.1. The number of sulfonamides is 1. The fourth-order valence-corrected chi connectivity index (χ4v) is 5.53. The van der Waals surface area contributed by atoms with Crippen LogP contribution in [0, 0.1) is 5.92 Å². The number of nitrogens with zero attached hydrogens (tertiary/aromatic N) is 2. The summed E-state index contributed by atoms with van der Waals surface area (Å²) >= 11 is 6.05. The topological polar surface area (TPSA) is 86.8 Å². The molecule has 1 atom stereocenters. The molecule has 0 aliphatic rings. The highest BCUT2D eigenvalue weighted by molar-refractivity contribution is 7.92. The van der Waals surface area contributed by atoms with E-state index in [-0.39, 0.29) is 23.3 Å². The molecule has 3 aromatic carbocycles. The molecule has 1 N–H and O–H groups in total. The van der Waals surface area contributed by atoms with Crippen LogP contribution in [0.1, 0.15) is 32.8 Å². The van der Waals surface area contributed by atoms with Gasteiger partial charge >= 0.3 is 0 Å². The van der Waals surface area contributed by atoms with Gasteiger partial charge in [-0.25, -0.2) is 8.42 Å². The third-order valence-corrected chi connectivity index (χ3v) is 8.03. The molecule has 0 saturated carbocycles. The zero-order valence-electron chi connectivity index (χ0n) is 21.9. The maximum atomic E-state index is 13.9. The summed E-state index contributed by atoms with van der Waals surface area (Å²) in [6.07, 6.45) is 0.361. The molecule has 202 valence electrons. The fraction of sp³-hybridized carbons (Fsp3) is 0.310. The number of rotatable bonds is 12. The summed E-state index contributed by atoms with van der Waals surface area (Å²) in [6, 6.07) is 22.7. The molecule has 0 radical (unpaired) electrons. The summed E-state index contributed by atoms with van der Waals surface area (Å²) in [5, 5.41) is 3.47. The zero-order valence-corrected chi connectivity index (χ0v) is 23.5. The van der Waals surface area contributed by atoms with E-state index < -0.39 is 28.5 Å². The van der Waals surface area contributed by atoms with Crippen LogP contribution in [0.3, 0.4) is 0 Å². The zero-order chi connectivity index (χ0) is 27.7. The summed E-state index contributed by atoms with van der Waals surface area (Å²) in [5.41, 5.74) is 1.13. The second-order valence-electron chi connectivity index (χ2n) is 9.37. The summed E-state index contributed by atoms with van der Waals surface area (Å²) < 4.78 is 28.5. The Labute approximate surface area is 230 Å². The molecule has 0 aromatic heterocycles. The fourth-order valence-electron chi connectivity index (χ4n) is 3.97. The van der Waals surface area contributed by atoms with E-state index >= 15 is 0 Å². The van der Waals surface area contributed by atoms with Crippen molar-refractivity contribution in [2.75, 3.05) is 17.4 Å². The molecule has 3 aromatic rings. The first-order valence-corrected chi connectivity index (χ1v) is 14.4. The number of anilines is 1. The Morgan fingerprint density at radius 2 is 1.47 bits per heavy atom. The van der Waals surface area contributed by atoms with Gasteiger partial charge in [-0.3, -0.25) is 13.9 Å². The molecule has 7 nitrogen and oxygen atoms in total. The van der Waals surface area contributed by atoms with Crippen LogP contribution in [0.5, 0.6) is 0 Å². The lowest BCUT2D eigenvalue weighted by molar-refractivity contribution is -0.140. The van der Waals surface area contributed by atoms with E-state index in [0.717, 1.165) is 9.87 Å². The number of carbonyl (C=O) groups excluding carboxylic acids is 2. The highest BCUT2D eigenvalue weighted by Crippen LogP contribution is 2.24. The van der Waals surface area contributed by atoms with Gasteiger partial charge in [0.25, 0.3) is 10.0 Å². The van der Waals surface area contributed by atoms with Gasteiger partial charge in [-0.1, -0.05) is 80.9 Å². The van der Waals surface area contributed by atoms with Gasteiger partial charge in [-0.15, -0.1) is 0 Å². The normalized spacial score (nSPS) is 12.1. The van der Waals surface area contributed by atoms with Crippen LogP contribution in [0.4, 0.5) is 5.69 Å². The maximum Gasteiger partial charge on any atom is 0.264 e. The van der Waals surface area contributed by atoms with Gasteiger partial charge in [0, 0.05) is 18.1 Å². The molecule has 1 unspecified atom stereocenters. The molecule has 38 heavy (non-hydrogen) atoms. The number of halogens is 1. The van der Waals surface area contributed by atoms with E-state index in [0.29, 0.717) is 23.7 Å². The van der Waals surface area contributed by atoms with Gasteiger partial charge in [0.1, 0.15) is 12.6 Å². The van der Waals surface area contributed by atoms with Crippen LogP contribution in [0.25, 0.3) is 0 Å². The Bertz CT molecular complexity index is 1300.